The number of rotatable bonds is 5. The normalized spacial score (nSPS) is 15.5. The zero-order chi connectivity index (χ0) is 21.7. The molecule has 0 radical (unpaired) electrons. The van der Waals surface area contributed by atoms with Crippen molar-refractivity contribution >= 4 is 29.2 Å². The molecule has 3 N–H and O–H groups in total. The van der Waals surface area contributed by atoms with Gasteiger partial charge in [-0.1, -0.05) is 18.2 Å². The number of alkyl halides is 3. The van der Waals surface area contributed by atoms with Crippen molar-refractivity contribution in [2.75, 3.05) is 31.1 Å². The minimum atomic E-state index is -4.52. The second kappa shape index (κ2) is 9.40. The summed E-state index contributed by atoms with van der Waals surface area (Å²) in [6.07, 6.45) is -3.47. The summed E-state index contributed by atoms with van der Waals surface area (Å²) in [5, 5.41) is 3.50. The summed E-state index contributed by atoms with van der Waals surface area (Å²) in [5.74, 6) is -0.279. The zero-order valence-corrected chi connectivity index (χ0v) is 16.8. The molecule has 0 atom stereocenters. The first-order chi connectivity index (χ1) is 14.2. The first-order valence-electron chi connectivity index (χ1n) is 9.24. The molecule has 1 aliphatic rings. The standard InChI is InChI=1S/C20H21F4N5S/c21-16-4-1-14(2-5-16)13-28-7-9-29(10-8-28)17-6-3-15(12-26-27-19(25)30)18(11-17)20(22,23)24/h1-6,11-12H,7-10,13H2,(H3,25,27,30)/b26-12+. The first-order valence-corrected chi connectivity index (χ1v) is 9.65. The van der Waals surface area contributed by atoms with Crippen molar-refractivity contribution in [1.82, 2.24) is 10.3 Å². The molecule has 30 heavy (non-hydrogen) atoms. The van der Waals surface area contributed by atoms with E-state index in [4.69, 9.17) is 5.73 Å². The summed E-state index contributed by atoms with van der Waals surface area (Å²) < 4.78 is 53.6. The molecule has 1 fully saturated rings. The summed E-state index contributed by atoms with van der Waals surface area (Å²) in [6.45, 7) is 3.25. The maximum atomic E-state index is 13.5. The number of hydrogen-bond acceptors (Lipinski definition) is 4. The van der Waals surface area contributed by atoms with Gasteiger partial charge in [0.25, 0.3) is 0 Å². The summed E-state index contributed by atoms with van der Waals surface area (Å²) in [5.41, 5.74) is 8.13. The van der Waals surface area contributed by atoms with Crippen molar-refractivity contribution in [1.29, 1.82) is 0 Å². The lowest BCUT2D eigenvalue weighted by Crippen LogP contribution is -2.46. The Morgan fingerprint density at radius 1 is 1.10 bits per heavy atom. The van der Waals surface area contributed by atoms with E-state index in [-0.39, 0.29) is 16.5 Å². The largest absolute Gasteiger partial charge is 0.417 e. The Morgan fingerprint density at radius 3 is 2.37 bits per heavy atom. The van der Waals surface area contributed by atoms with Crippen LogP contribution in [-0.4, -0.2) is 42.4 Å². The maximum absolute atomic E-state index is 13.5. The van der Waals surface area contributed by atoms with Gasteiger partial charge < -0.3 is 10.6 Å². The Labute approximate surface area is 177 Å². The number of hydrazone groups is 1. The van der Waals surface area contributed by atoms with Crippen molar-refractivity contribution in [3.8, 4) is 0 Å². The first kappa shape index (κ1) is 22.0. The van der Waals surface area contributed by atoms with E-state index in [1.807, 2.05) is 4.90 Å². The van der Waals surface area contributed by atoms with Gasteiger partial charge in [0.1, 0.15) is 5.82 Å². The molecular weight excluding hydrogens is 418 g/mol. The Hall–Kier alpha value is -2.72. The van der Waals surface area contributed by atoms with Crippen LogP contribution in [0, 0.1) is 5.82 Å². The summed E-state index contributed by atoms with van der Waals surface area (Å²) in [6, 6.07) is 10.5. The number of nitrogens with zero attached hydrogens (tertiary/aromatic N) is 3. The third kappa shape index (κ3) is 5.90. The van der Waals surface area contributed by atoms with Crippen molar-refractivity contribution in [2.24, 2.45) is 10.8 Å². The molecular formula is C20H21F4N5S. The molecule has 160 valence electrons. The lowest BCUT2D eigenvalue weighted by Gasteiger charge is -2.36. The number of hydrogen-bond donors (Lipinski definition) is 2. The molecule has 0 aliphatic carbocycles. The summed E-state index contributed by atoms with van der Waals surface area (Å²) in [4.78, 5) is 4.11. The number of halogens is 4. The number of nitrogens with one attached hydrogen (secondary N) is 1. The van der Waals surface area contributed by atoms with Crippen molar-refractivity contribution in [2.45, 2.75) is 12.7 Å². The Morgan fingerprint density at radius 2 is 1.77 bits per heavy atom. The van der Waals surface area contributed by atoms with Crippen LogP contribution in [0.15, 0.2) is 47.6 Å². The molecule has 0 spiro atoms. The van der Waals surface area contributed by atoms with E-state index < -0.39 is 11.7 Å². The predicted octanol–water partition coefficient (Wildman–Crippen LogP) is 3.33. The second-order valence-corrected chi connectivity index (χ2v) is 7.33. The Kier molecular flexibility index (Phi) is 6.88. The van der Waals surface area contributed by atoms with Gasteiger partial charge in [-0.05, 0) is 42.0 Å². The molecule has 1 heterocycles. The molecule has 0 unspecified atom stereocenters. The molecule has 1 saturated heterocycles. The van der Waals surface area contributed by atoms with Gasteiger partial charge in [-0.2, -0.15) is 18.3 Å². The Balaban J connectivity index is 1.68. The lowest BCUT2D eigenvalue weighted by atomic mass is 10.1. The minimum Gasteiger partial charge on any atom is -0.375 e. The quantitative estimate of drug-likeness (QED) is 0.324. The Bertz CT molecular complexity index is 906. The number of benzene rings is 2. The third-order valence-corrected chi connectivity index (χ3v) is 4.87. The fourth-order valence-corrected chi connectivity index (χ4v) is 3.33. The maximum Gasteiger partial charge on any atom is 0.417 e. The van der Waals surface area contributed by atoms with Crippen LogP contribution in [0.5, 0.6) is 0 Å². The van der Waals surface area contributed by atoms with E-state index in [0.717, 1.165) is 17.8 Å². The number of nitrogens with two attached hydrogens (primary N) is 1. The van der Waals surface area contributed by atoms with Crippen LogP contribution in [0.25, 0.3) is 0 Å². The van der Waals surface area contributed by atoms with Crippen LogP contribution in [0.2, 0.25) is 0 Å². The highest BCUT2D eigenvalue weighted by Gasteiger charge is 2.34. The highest BCUT2D eigenvalue weighted by molar-refractivity contribution is 7.80. The van der Waals surface area contributed by atoms with E-state index in [9.17, 15) is 17.6 Å². The van der Waals surface area contributed by atoms with Gasteiger partial charge in [0.2, 0.25) is 0 Å². The average Bonchev–Trinajstić information content (AvgIpc) is 2.69. The van der Waals surface area contributed by atoms with Crippen LogP contribution < -0.4 is 16.1 Å². The number of piperazine rings is 1. The fourth-order valence-electron chi connectivity index (χ4n) is 3.28. The molecule has 0 amide bonds. The van der Waals surface area contributed by atoms with Crippen LogP contribution in [-0.2, 0) is 12.7 Å². The van der Waals surface area contributed by atoms with Crippen LogP contribution >= 0.6 is 12.2 Å². The third-order valence-electron chi connectivity index (χ3n) is 4.78. The van der Waals surface area contributed by atoms with E-state index in [2.05, 4.69) is 27.6 Å². The van der Waals surface area contributed by atoms with E-state index in [0.29, 0.717) is 38.4 Å². The molecule has 2 aromatic carbocycles. The zero-order valence-electron chi connectivity index (χ0n) is 16.0. The lowest BCUT2D eigenvalue weighted by molar-refractivity contribution is -0.137. The molecule has 3 rings (SSSR count). The smallest absolute Gasteiger partial charge is 0.375 e. The SMILES string of the molecule is NC(=S)N/N=C/c1ccc(N2CCN(Cc3ccc(F)cc3)CC2)cc1C(F)(F)F. The van der Waals surface area contributed by atoms with Crippen molar-refractivity contribution < 1.29 is 17.6 Å². The topological polar surface area (TPSA) is 56.9 Å². The molecule has 2 aromatic rings. The minimum absolute atomic E-state index is 0.0788. The molecule has 0 aromatic heterocycles. The van der Waals surface area contributed by atoms with Gasteiger partial charge in [-0.25, -0.2) is 4.39 Å². The van der Waals surface area contributed by atoms with E-state index in [1.165, 1.54) is 18.2 Å². The molecule has 10 heteroatoms. The molecule has 0 saturated carbocycles. The van der Waals surface area contributed by atoms with Gasteiger partial charge in [0, 0.05) is 44.0 Å². The average molecular weight is 439 g/mol. The van der Waals surface area contributed by atoms with Crippen LogP contribution in [0.1, 0.15) is 16.7 Å². The molecule has 1 aliphatic heterocycles. The fraction of sp³-hybridized carbons (Fsp3) is 0.300. The predicted molar refractivity (Wildman–Crippen MR) is 113 cm³/mol. The van der Waals surface area contributed by atoms with Crippen LogP contribution in [0.4, 0.5) is 23.2 Å². The highest BCUT2D eigenvalue weighted by atomic mass is 32.1. The highest BCUT2D eigenvalue weighted by Crippen LogP contribution is 2.34. The summed E-state index contributed by atoms with van der Waals surface area (Å²) >= 11 is 4.58. The second-order valence-electron chi connectivity index (χ2n) is 6.89. The van der Waals surface area contributed by atoms with Gasteiger partial charge in [-0.15, -0.1) is 0 Å². The van der Waals surface area contributed by atoms with Gasteiger partial charge in [-0.3, -0.25) is 10.3 Å². The summed E-state index contributed by atoms with van der Waals surface area (Å²) in [7, 11) is 0. The molecule has 5 nitrogen and oxygen atoms in total. The van der Waals surface area contributed by atoms with E-state index in [1.54, 1.807) is 18.2 Å². The van der Waals surface area contributed by atoms with Crippen LogP contribution in [0.3, 0.4) is 0 Å². The van der Waals surface area contributed by atoms with Crippen molar-refractivity contribution in [3.63, 3.8) is 0 Å². The monoisotopic (exact) mass is 439 g/mol. The van der Waals surface area contributed by atoms with Gasteiger partial charge >= 0.3 is 6.18 Å². The van der Waals surface area contributed by atoms with Gasteiger partial charge in [0.05, 0.1) is 11.8 Å². The van der Waals surface area contributed by atoms with E-state index >= 15 is 0 Å². The van der Waals surface area contributed by atoms with Crippen molar-refractivity contribution in [3.05, 3.63) is 65.0 Å². The number of anilines is 1. The molecule has 0 bridgehead atoms. The van der Waals surface area contributed by atoms with Gasteiger partial charge in [0.15, 0.2) is 5.11 Å². The number of thiocarbonyl (C=S) groups is 1.